The van der Waals surface area contributed by atoms with E-state index in [0.717, 1.165) is 4.88 Å². The third-order valence-electron chi connectivity index (χ3n) is 4.99. The molecule has 1 aromatic carbocycles. The maximum Gasteiger partial charge on any atom is 0.261 e. The number of hydrogen-bond donors (Lipinski definition) is 0. The largest absolute Gasteiger partial charge is 0.340 e. The Kier molecular flexibility index (Phi) is 5.03. The normalized spacial score (nSPS) is 19.4. The van der Waals surface area contributed by atoms with Crippen molar-refractivity contribution in [2.75, 3.05) is 18.8 Å². The second-order valence-corrected chi connectivity index (χ2v) is 10.0. The number of aromatic nitrogens is 2. The fraction of sp³-hybridized carbons (Fsp3) is 0.316. The Balaban J connectivity index is 1.53. The van der Waals surface area contributed by atoms with Crippen LogP contribution in [-0.2, 0) is 21.2 Å². The highest BCUT2D eigenvalue weighted by Gasteiger charge is 2.33. The summed E-state index contributed by atoms with van der Waals surface area (Å²) in [6, 6.07) is 10.6. The molecule has 0 unspecified atom stereocenters. The number of para-hydroxylation sites is 1. The molecule has 1 fully saturated rings. The summed E-state index contributed by atoms with van der Waals surface area (Å²) in [4.78, 5) is 31.9. The van der Waals surface area contributed by atoms with Crippen molar-refractivity contribution in [3.63, 3.8) is 0 Å². The maximum absolute atomic E-state index is 12.8. The zero-order valence-electron chi connectivity index (χ0n) is 15.0. The van der Waals surface area contributed by atoms with E-state index in [1.807, 2.05) is 17.5 Å². The highest BCUT2D eigenvalue weighted by atomic mass is 32.2. The van der Waals surface area contributed by atoms with Gasteiger partial charge in [0.2, 0.25) is 5.91 Å². The van der Waals surface area contributed by atoms with Crippen LogP contribution < -0.4 is 5.56 Å². The highest BCUT2D eigenvalue weighted by molar-refractivity contribution is 7.91. The number of sulfone groups is 1. The van der Waals surface area contributed by atoms with Crippen LogP contribution in [-0.4, -0.2) is 47.6 Å². The van der Waals surface area contributed by atoms with Crippen LogP contribution in [0.4, 0.5) is 0 Å². The van der Waals surface area contributed by atoms with E-state index in [0.29, 0.717) is 23.9 Å². The molecule has 0 aliphatic carbocycles. The molecule has 1 atom stereocenters. The van der Waals surface area contributed by atoms with Gasteiger partial charge in [-0.25, -0.2) is 13.4 Å². The molecule has 0 N–H and O–H groups in total. The minimum absolute atomic E-state index is 0.0772. The van der Waals surface area contributed by atoms with Gasteiger partial charge in [-0.1, -0.05) is 18.2 Å². The smallest absolute Gasteiger partial charge is 0.261 e. The molecular weight excluding hydrogens is 398 g/mol. The second kappa shape index (κ2) is 7.48. The van der Waals surface area contributed by atoms with Gasteiger partial charge in [0.05, 0.1) is 28.2 Å². The van der Waals surface area contributed by atoms with Crippen molar-refractivity contribution in [3.8, 4) is 0 Å². The molecule has 0 bridgehead atoms. The first-order chi connectivity index (χ1) is 13.5. The average Bonchev–Trinajstić information content (AvgIpc) is 3.15. The first kappa shape index (κ1) is 18.8. The van der Waals surface area contributed by atoms with Crippen molar-refractivity contribution in [1.29, 1.82) is 0 Å². The van der Waals surface area contributed by atoms with E-state index < -0.39 is 15.1 Å². The number of rotatable bonds is 3. The zero-order valence-corrected chi connectivity index (χ0v) is 16.7. The number of benzene rings is 1. The molecule has 1 amide bonds. The lowest BCUT2D eigenvalue weighted by Crippen LogP contribution is -2.38. The summed E-state index contributed by atoms with van der Waals surface area (Å²) in [6.07, 6.45) is 1.73. The summed E-state index contributed by atoms with van der Waals surface area (Å²) in [5, 5.41) is 1.74. The molecule has 0 spiro atoms. The standard InChI is InChI=1S/C19H19N3O4S2/c23-18(12-22-13-20-15-5-2-1-4-14(15)19(22)24)21-8-7-17(16-6-3-10-27-16)28(25,26)11-9-21/h1-6,10,13,17H,7-9,11-12H2/t17-/m0/s1. The van der Waals surface area contributed by atoms with Crippen molar-refractivity contribution in [1.82, 2.24) is 14.5 Å². The molecule has 4 rings (SSSR count). The first-order valence-corrected chi connectivity index (χ1v) is 11.5. The third-order valence-corrected chi connectivity index (χ3v) is 8.23. The van der Waals surface area contributed by atoms with E-state index in [9.17, 15) is 18.0 Å². The lowest BCUT2D eigenvalue weighted by atomic mass is 10.2. The molecule has 3 aromatic rings. The fourth-order valence-electron chi connectivity index (χ4n) is 3.45. The molecule has 146 valence electrons. The number of carbonyl (C=O) groups excluding carboxylic acids is 1. The second-order valence-electron chi connectivity index (χ2n) is 6.74. The van der Waals surface area contributed by atoms with Crippen molar-refractivity contribution >= 4 is 38.0 Å². The number of fused-ring (bicyclic) bond motifs is 1. The minimum Gasteiger partial charge on any atom is -0.340 e. The lowest BCUT2D eigenvalue weighted by Gasteiger charge is -2.20. The summed E-state index contributed by atoms with van der Waals surface area (Å²) in [7, 11) is -3.32. The minimum atomic E-state index is -3.32. The predicted molar refractivity (Wildman–Crippen MR) is 108 cm³/mol. The summed E-state index contributed by atoms with van der Waals surface area (Å²) >= 11 is 1.42. The predicted octanol–water partition coefficient (Wildman–Crippen LogP) is 1.85. The molecule has 1 saturated heterocycles. The van der Waals surface area contributed by atoms with Gasteiger partial charge in [-0.3, -0.25) is 14.2 Å². The number of hydrogen-bond acceptors (Lipinski definition) is 6. The Labute approximate surface area is 166 Å². The lowest BCUT2D eigenvalue weighted by molar-refractivity contribution is -0.131. The topological polar surface area (TPSA) is 89.3 Å². The Hall–Kier alpha value is -2.52. The SMILES string of the molecule is O=C(Cn1cnc2ccccc2c1=O)N1CC[C@@H](c2cccs2)S(=O)(=O)CC1. The van der Waals surface area contributed by atoms with Crippen molar-refractivity contribution in [2.45, 2.75) is 18.2 Å². The molecule has 2 aromatic heterocycles. The van der Waals surface area contributed by atoms with Crippen molar-refractivity contribution < 1.29 is 13.2 Å². The van der Waals surface area contributed by atoms with Gasteiger partial charge in [0.15, 0.2) is 9.84 Å². The molecule has 0 radical (unpaired) electrons. The molecule has 0 saturated carbocycles. The number of carbonyl (C=O) groups is 1. The molecule has 1 aliphatic heterocycles. The van der Waals surface area contributed by atoms with E-state index in [1.165, 1.54) is 27.1 Å². The van der Waals surface area contributed by atoms with Gasteiger partial charge >= 0.3 is 0 Å². The van der Waals surface area contributed by atoms with Gasteiger partial charge < -0.3 is 4.90 Å². The van der Waals surface area contributed by atoms with Crippen LogP contribution in [0, 0.1) is 0 Å². The van der Waals surface area contributed by atoms with Crippen LogP contribution in [0.3, 0.4) is 0 Å². The van der Waals surface area contributed by atoms with Crippen LogP contribution >= 0.6 is 11.3 Å². The van der Waals surface area contributed by atoms with Gasteiger partial charge in [-0.2, -0.15) is 0 Å². The molecule has 1 aliphatic rings. The summed E-state index contributed by atoms with van der Waals surface area (Å²) in [5.41, 5.74) is 0.300. The van der Waals surface area contributed by atoms with E-state index in [4.69, 9.17) is 0 Å². The summed E-state index contributed by atoms with van der Waals surface area (Å²) < 4.78 is 26.5. The number of nitrogens with zero attached hydrogens (tertiary/aromatic N) is 3. The Morgan fingerprint density at radius 3 is 2.79 bits per heavy atom. The maximum atomic E-state index is 12.8. The average molecular weight is 418 g/mol. The van der Waals surface area contributed by atoms with Crippen LogP contribution in [0.1, 0.15) is 16.5 Å². The van der Waals surface area contributed by atoms with Gasteiger partial charge in [0, 0.05) is 18.0 Å². The first-order valence-electron chi connectivity index (χ1n) is 8.92. The molecule has 28 heavy (non-hydrogen) atoms. The van der Waals surface area contributed by atoms with Crippen molar-refractivity contribution in [2.24, 2.45) is 0 Å². The van der Waals surface area contributed by atoms with Gasteiger partial charge in [-0.15, -0.1) is 11.3 Å². The van der Waals surface area contributed by atoms with Crippen molar-refractivity contribution in [3.05, 3.63) is 63.3 Å². The van der Waals surface area contributed by atoms with Gasteiger partial charge in [-0.05, 0) is 30.0 Å². The van der Waals surface area contributed by atoms with Gasteiger partial charge in [0.1, 0.15) is 6.54 Å². The quantitative estimate of drug-likeness (QED) is 0.649. The monoisotopic (exact) mass is 417 g/mol. The molecule has 7 nitrogen and oxygen atoms in total. The van der Waals surface area contributed by atoms with E-state index in [-0.39, 0.29) is 30.3 Å². The van der Waals surface area contributed by atoms with Gasteiger partial charge in [0.25, 0.3) is 5.56 Å². The van der Waals surface area contributed by atoms with E-state index in [1.54, 1.807) is 24.3 Å². The van der Waals surface area contributed by atoms with Crippen LogP contribution in [0.25, 0.3) is 10.9 Å². The fourth-order valence-corrected chi connectivity index (χ4v) is 6.46. The summed E-state index contributed by atoms with van der Waals surface area (Å²) in [6.45, 7) is 0.329. The van der Waals surface area contributed by atoms with Crippen LogP contribution in [0.15, 0.2) is 52.9 Å². The van der Waals surface area contributed by atoms with Crippen LogP contribution in [0.5, 0.6) is 0 Å². The van der Waals surface area contributed by atoms with E-state index in [2.05, 4.69) is 4.98 Å². The number of thiophene rings is 1. The molecule has 9 heteroatoms. The highest BCUT2D eigenvalue weighted by Crippen LogP contribution is 2.32. The number of amides is 1. The van der Waals surface area contributed by atoms with E-state index >= 15 is 0 Å². The zero-order chi connectivity index (χ0) is 19.7. The summed E-state index contributed by atoms with van der Waals surface area (Å²) in [5.74, 6) is -0.354. The molecular formula is C19H19N3O4S2. The third kappa shape index (κ3) is 3.59. The Morgan fingerprint density at radius 1 is 1.18 bits per heavy atom. The Bertz CT molecular complexity index is 1170. The van der Waals surface area contributed by atoms with Crippen LogP contribution in [0.2, 0.25) is 0 Å². The Morgan fingerprint density at radius 2 is 2.00 bits per heavy atom. The molecule has 3 heterocycles.